The van der Waals surface area contributed by atoms with Crippen LogP contribution in [0.25, 0.3) is 5.69 Å². The Morgan fingerprint density at radius 3 is 2.33 bits per heavy atom. The molecule has 2 N–H and O–H groups in total. The zero-order valence-corrected chi connectivity index (χ0v) is 11.4. The van der Waals surface area contributed by atoms with Crippen molar-refractivity contribution in [3.05, 3.63) is 35.5 Å². The minimum atomic E-state index is 0.292. The predicted molar refractivity (Wildman–Crippen MR) is 73.9 cm³/mol. The first-order valence-corrected chi connectivity index (χ1v) is 6.32. The van der Waals surface area contributed by atoms with Crippen molar-refractivity contribution in [1.82, 2.24) is 15.0 Å². The van der Waals surface area contributed by atoms with Gasteiger partial charge in [-0.3, -0.25) is 0 Å². The molecule has 0 saturated carbocycles. The molecule has 4 heteroatoms. The van der Waals surface area contributed by atoms with Crippen molar-refractivity contribution in [1.29, 1.82) is 0 Å². The van der Waals surface area contributed by atoms with Crippen LogP contribution in [-0.2, 0) is 0 Å². The molecule has 2 aromatic rings. The van der Waals surface area contributed by atoms with E-state index >= 15 is 0 Å². The molecule has 0 aliphatic carbocycles. The van der Waals surface area contributed by atoms with Gasteiger partial charge in [-0.1, -0.05) is 51.1 Å². The lowest BCUT2D eigenvalue weighted by Crippen LogP contribution is -2.08. The molecule has 0 unspecified atom stereocenters. The Hall–Kier alpha value is -1.84. The maximum Gasteiger partial charge on any atom is 0.169 e. The zero-order chi connectivity index (χ0) is 13.3. The summed E-state index contributed by atoms with van der Waals surface area (Å²) in [7, 11) is 0. The highest BCUT2D eigenvalue weighted by Crippen LogP contribution is 2.27. The van der Waals surface area contributed by atoms with Crippen molar-refractivity contribution in [2.75, 3.05) is 5.73 Å². The van der Waals surface area contributed by atoms with E-state index in [0.717, 1.165) is 11.4 Å². The maximum atomic E-state index is 5.91. The molecule has 1 heterocycles. The highest BCUT2D eigenvalue weighted by Gasteiger charge is 2.17. The summed E-state index contributed by atoms with van der Waals surface area (Å²) in [6, 6.07) is 8.26. The van der Waals surface area contributed by atoms with E-state index in [2.05, 4.69) is 50.1 Å². The summed E-state index contributed by atoms with van der Waals surface area (Å²) in [6.07, 6.45) is 0. The Morgan fingerprint density at radius 2 is 1.72 bits per heavy atom. The average Bonchev–Trinajstić information content (AvgIpc) is 2.71. The molecule has 0 saturated heterocycles. The van der Waals surface area contributed by atoms with Crippen LogP contribution in [0.3, 0.4) is 0 Å². The summed E-state index contributed by atoms with van der Waals surface area (Å²) in [4.78, 5) is 0. The fraction of sp³-hybridized carbons (Fsp3) is 0.429. The standard InChI is InChI=1S/C14H20N4/c1-9(2)11-7-5-6-8-12(11)18-13(10(3)4)14(15)16-17-18/h5-10H,15H2,1-4H3. The number of para-hydroxylation sites is 1. The average molecular weight is 244 g/mol. The second kappa shape index (κ2) is 4.80. The molecule has 0 bridgehead atoms. The van der Waals surface area contributed by atoms with Gasteiger partial charge in [-0.2, -0.15) is 0 Å². The molecule has 0 amide bonds. The quantitative estimate of drug-likeness (QED) is 0.902. The van der Waals surface area contributed by atoms with Crippen LogP contribution in [0, 0.1) is 0 Å². The van der Waals surface area contributed by atoms with E-state index in [-0.39, 0.29) is 0 Å². The van der Waals surface area contributed by atoms with E-state index in [1.54, 1.807) is 0 Å². The molecular weight excluding hydrogens is 224 g/mol. The number of nitrogens with zero attached hydrogens (tertiary/aromatic N) is 3. The number of hydrogen-bond acceptors (Lipinski definition) is 3. The third-order valence-corrected chi connectivity index (χ3v) is 3.07. The topological polar surface area (TPSA) is 56.7 Å². The second-order valence-electron chi connectivity index (χ2n) is 5.14. The minimum Gasteiger partial charge on any atom is -0.381 e. The van der Waals surface area contributed by atoms with Crippen LogP contribution in [-0.4, -0.2) is 15.0 Å². The lowest BCUT2D eigenvalue weighted by molar-refractivity contribution is 0.702. The summed E-state index contributed by atoms with van der Waals surface area (Å²) in [6.45, 7) is 8.55. The van der Waals surface area contributed by atoms with Gasteiger partial charge in [0.05, 0.1) is 11.4 Å². The molecule has 0 atom stereocenters. The minimum absolute atomic E-state index is 0.292. The highest BCUT2D eigenvalue weighted by atomic mass is 15.4. The number of anilines is 1. The van der Waals surface area contributed by atoms with Gasteiger partial charge in [0.15, 0.2) is 5.82 Å². The first-order chi connectivity index (χ1) is 8.52. The highest BCUT2D eigenvalue weighted by molar-refractivity contribution is 5.47. The number of aromatic nitrogens is 3. The van der Waals surface area contributed by atoms with Gasteiger partial charge in [0.25, 0.3) is 0 Å². The fourth-order valence-electron chi connectivity index (χ4n) is 2.19. The van der Waals surface area contributed by atoms with Crippen LogP contribution in [0.15, 0.2) is 24.3 Å². The number of nitrogen functional groups attached to an aromatic ring is 1. The Bertz CT molecular complexity index is 540. The molecule has 4 nitrogen and oxygen atoms in total. The third kappa shape index (κ3) is 2.10. The van der Waals surface area contributed by atoms with Crippen LogP contribution in [0.1, 0.15) is 50.8 Å². The Labute approximate surface area is 108 Å². The molecule has 0 radical (unpaired) electrons. The van der Waals surface area contributed by atoms with Crippen LogP contribution in [0.2, 0.25) is 0 Å². The van der Waals surface area contributed by atoms with E-state index in [1.807, 2.05) is 16.8 Å². The number of rotatable bonds is 3. The van der Waals surface area contributed by atoms with Crippen molar-refractivity contribution >= 4 is 5.82 Å². The Balaban J connectivity index is 2.63. The van der Waals surface area contributed by atoms with Gasteiger partial charge in [-0.25, -0.2) is 4.68 Å². The molecule has 2 rings (SSSR count). The largest absolute Gasteiger partial charge is 0.381 e. The van der Waals surface area contributed by atoms with Crippen LogP contribution in [0.5, 0.6) is 0 Å². The summed E-state index contributed by atoms with van der Waals surface area (Å²) in [5.74, 6) is 1.25. The molecular formula is C14H20N4. The van der Waals surface area contributed by atoms with E-state index in [4.69, 9.17) is 5.73 Å². The lowest BCUT2D eigenvalue weighted by Gasteiger charge is -2.15. The second-order valence-corrected chi connectivity index (χ2v) is 5.14. The molecule has 96 valence electrons. The van der Waals surface area contributed by atoms with Crippen molar-refractivity contribution in [2.24, 2.45) is 0 Å². The molecule has 0 fully saturated rings. The molecule has 0 aliphatic heterocycles. The molecule has 0 spiro atoms. The van der Waals surface area contributed by atoms with Crippen LogP contribution < -0.4 is 5.73 Å². The SMILES string of the molecule is CC(C)c1ccccc1-n1nnc(N)c1C(C)C. The molecule has 1 aromatic heterocycles. The van der Waals surface area contributed by atoms with Crippen molar-refractivity contribution in [3.8, 4) is 5.69 Å². The number of nitrogens with two attached hydrogens (primary N) is 1. The molecule has 18 heavy (non-hydrogen) atoms. The third-order valence-electron chi connectivity index (χ3n) is 3.07. The Morgan fingerprint density at radius 1 is 1.06 bits per heavy atom. The Kier molecular flexibility index (Phi) is 3.36. The summed E-state index contributed by atoms with van der Waals surface area (Å²) in [5, 5.41) is 8.20. The maximum absolute atomic E-state index is 5.91. The smallest absolute Gasteiger partial charge is 0.169 e. The normalized spacial score (nSPS) is 11.4. The van der Waals surface area contributed by atoms with E-state index in [0.29, 0.717) is 17.7 Å². The van der Waals surface area contributed by atoms with Crippen LogP contribution in [0.4, 0.5) is 5.82 Å². The van der Waals surface area contributed by atoms with Crippen molar-refractivity contribution in [3.63, 3.8) is 0 Å². The van der Waals surface area contributed by atoms with Crippen molar-refractivity contribution in [2.45, 2.75) is 39.5 Å². The lowest BCUT2D eigenvalue weighted by atomic mass is 10.0. The number of hydrogen-bond donors (Lipinski definition) is 1. The van der Waals surface area contributed by atoms with Crippen molar-refractivity contribution < 1.29 is 0 Å². The van der Waals surface area contributed by atoms with E-state index < -0.39 is 0 Å². The first-order valence-electron chi connectivity index (χ1n) is 6.32. The number of benzene rings is 1. The van der Waals surface area contributed by atoms with Gasteiger partial charge in [0, 0.05) is 0 Å². The van der Waals surface area contributed by atoms with Crippen LogP contribution >= 0.6 is 0 Å². The summed E-state index contributed by atoms with van der Waals surface area (Å²) < 4.78 is 1.87. The first kappa shape index (κ1) is 12.6. The van der Waals surface area contributed by atoms with Gasteiger partial charge >= 0.3 is 0 Å². The summed E-state index contributed by atoms with van der Waals surface area (Å²) in [5.41, 5.74) is 9.21. The van der Waals surface area contributed by atoms with E-state index in [9.17, 15) is 0 Å². The molecule has 0 aliphatic rings. The fourth-order valence-corrected chi connectivity index (χ4v) is 2.19. The van der Waals surface area contributed by atoms with Gasteiger partial charge in [-0.05, 0) is 23.5 Å². The van der Waals surface area contributed by atoms with Gasteiger partial charge in [-0.15, -0.1) is 5.10 Å². The molecule has 1 aromatic carbocycles. The van der Waals surface area contributed by atoms with Gasteiger partial charge in [0.2, 0.25) is 0 Å². The zero-order valence-electron chi connectivity index (χ0n) is 11.4. The van der Waals surface area contributed by atoms with Gasteiger partial charge < -0.3 is 5.73 Å². The summed E-state index contributed by atoms with van der Waals surface area (Å²) >= 11 is 0. The van der Waals surface area contributed by atoms with E-state index in [1.165, 1.54) is 5.56 Å². The monoisotopic (exact) mass is 244 g/mol. The van der Waals surface area contributed by atoms with Gasteiger partial charge in [0.1, 0.15) is 0 Å². The predicted octanol–water partition coefficient (Wildman–Crippen LogP) is 3.10.